The van der Waals surface area contributed by atoms with Gasteiger partial charge in [0.15, 0.2) is 0 Å². The molecule has 0 aliphatic carbocycles. The molecule has 0 spiro atoms. The molecule has 0 saturated carbocycles. The van der Waals surface area contributed by atoms with Gasteiger partial charge in [0.05, 0.1) is 6.61 Å². The Hall–Kier alpha value is -0.820. The topological polar surface area (TPSA) is 19.9 Å². The van der Waals surface area contributed by atoms with Crippen molar-refractivity contribution in [2.24, 2.45) is 0 Å². The molecule has 0 unspecified atom stereocenters. The molecule has 0 saturated heterocycles. The van der Waals surface area contributed by atoms with Crippen molar-refractivity contribution in [3.63, 3.8) is 0 Å². The van der Waals surface area contributed by atoms with E-state index >= 15 is 0 Å². The van der Waals surface area contributed by atoms with Crippen molar-refractivity contribution in [3.8, 4) is 0 Å². The van der Waals surface area contributed by atoms with Gasteiger partial charge in [0.25, 0.3) is 0 Å². The summed E-state index contributed by atoms with van der Waals surface area (Å²) in [6.07, 6.45) is 7.99. The van der Waals surface area contributed by atoms with Crippen LogP contribution >= 0.6 is 0 Å². The van der Waals surface area contributed by atoms with E-state index in [4.69, 9.17) is 0 Å². The molecule has 0 aliphatic heterocycles. The molecule has 0 bridgehead atoms. The molecule has 1 nitrogen and oxygen atoms in total. The lowest BCUT2D eigenvalue weighted by Gasteiger charge is -2.08. The first kappa shape index (κ1) is 13.2. The highest BCUT2D eigenvalue weighted by Gasteiger charge is 2.01. The standard InChI is InChI=1S/C15H23O/c1-2-3-4-9-14-10-5-6-11-15(14)12-7-8-13-16/h5-6,10-11H,2-4,7-9,12-13H2,1H3. The Morgan fingerprint density at radius 1 is 0.875 bits per heavy atom. The molecule has 1 aromatic rings. The van der Waals surface area contributed by atoms with Gasteiger partial charge in [-0.3, -0.25) is 0 Å². The molecule has 0 aromatic heterocycles. The summed E-state index contributed by atoms with van der Waals surface area (Å²) in [7, 11) is 0. The Morgan fingerprint density at radius 2 is 1.44 bits per heavy atom. The van der Waals surface area contributed by atoms with Gasteiger partial charge in [0.1, 0.15) is 0 Å². The van der Waals surface area contributed by atoms with Gasteiger partial charge in [-0.15, -0.1) is 0 Å². The van der Waals surface area contributed by atoms with E-state index in [0.29, 0.717) is 0 Å². The minimum Gasteiger partial charge on any atom is -0.237 e. The molecule has 1 rings (SSSR count). The summed E-state index contributed by atoms with van der Waals surface area (Å²) < 4.78 is 0. The Kier molecular flexibility index (Phi) is 6.91. The maximum Gasteiger partial charge on any atom is 0.0822 e. The van der Waals surface area contributed by atoms with Crippen LogP contribution in [0.3, 0.4) is 0 Å². The second-order valence-electron chi connectivity index (χ2n) is 4.39. The fourth-order valence-corrected chi connectivity index (χ4v) is 2.03. The first-order valence-corrected chi connectivity index (χ1v) is 6.53. The maximum absolute atomic E-state index is 10.4. The first-order chi connectivity index (χ1) is 7.88. The van der Waals surface area contributed by atoms with Gasteiger partial charge in [-0.2, -0.15) is 0 Å². The van der Waals surface area contributed by atoms with Crippen molar-refractivity contribution < 1.29 is 5.11 Å². The van der Waals surface area contributed by atoms with Gasteiger partial charge in [-0.25, -0.2) is 5.11 Å². The van der Waals surface area contributed by atoms with E-state index in [1.807, 2.05) is 0 Å². The second kappa shape index (κ2) is 8.35. The lowest BCUT2D eigenvalue weighted by molar-refractivity contribution is 0.187. The van der Waals surface area contributed by atoms with E-state index in [0.717, 1.165) is 19.3 Å². The number of unbranched alkanes of at least 4 members (excludes halogenated alkanes) is 3. The predicted octanol–water partition coefficient (Wildman–Crippen LogP) is 4.17. The molecule has 1 heteroatoms. The lowest BCUT2D eigenvalue weighted by Crippen LogP contribution is -1.95. The quantitative estimate of drug-likeness (QED) is 0.585. The maximum atomic E-state index is 10.4. The van der Waals surface area contributed by atoms with Crippen LogP contribution in [0.1, 0.15) is 50.2 Å². The molecule has 0 heterocycles. The van der Waals surface area contributed by atoms with E-state index in [1.165, 1.54) is 36.8 Å². The van der Waals surface area contributed by atoms with Crippen molar-refractivity contribution in [3.05, 3.63) is 35.4 Å². The highest BCUT2D eigenvalue weighted by atomic mass is 16.2. The van der Waals surface area contributed by atoms with Gasteiger partial charge >= 0.3 is 0 Å². The number of rotatable bonds is 8. The zero-order valence-electron chi connectivity index (χ0n) is 10.4. The smallest absolute Gasteiger partial charge is 0.0822 e. The van der Waals surface area contributed by atoms with E-state index < -0.39 is 0 Å². The predicted molar refractivity (Wildman–Crippen MR) is 68.2 cm³/mol. The Morgan fingerprint density at radius 3 is 1.94 bits per heavy atom. The van der Waals surface area contributed by atoms with Crippen LogP contribution in [0.2, 0.25) is 0 Å². The van der Waals surface area contributed by atoms with Crippen molar-refractivity contribution in [1.82, 2.24) is 0 Å². The average Bonchev–Trinajstić information content (AvgIpc) is 2.32. The van der Waals surface area contributed by atoms with Crippen molar-refractivity contribution >= 4 is 0 Å². The molecule has 0 fully saturated rings. The zero-order valence-corrected chi connectivity index (χ0v) is 10.4. The fourth-order valence-electron chi connectivity index (χ4n) is 2.03. The lowest BCUT2D eigenvalue weighted by atomic mass is 9.98. The largest absolute Gasteiger partial charge is 0.237 e. The molecular formula is C15H23O. The molecule has 0 amide bonds. The van der Waals surface area contributed by atoms with E-state index in [2.05, 4.69) is 31.2 Å². The molecule has 1 radical (unpaired) electrons. The zero-order chi connectivity index (χ0) is 11.6. The van der Waals surface area contributed by atoms with Crippen LogP contribution in [-0.2, 0) is 17.9 Å². The number of hydrogen-bond acceptors (Lipinski definition) is 0. The molecule has 0 N–H and O–H groups in total. The van der Waals surface area contributed by atoms with Gasteiger partial charge in [-0.05, 0) is 43.2 Å². The van der Waals surface area contributed by atoms with E-state index in [1.54, 1.807) is 0 Å². The summed E-state index contributed by atoms with van der Waals surface area (Å²) in [5.41, 5.74) is 2.94. The fraction of sp³-hybridized carbons (Fsp3) is 0.600. The summed E-state index contributed by atoms with van der Waals surface area (Å²) in [6.45, 7) is 2.30. The molecule has 16 heavy (non-hydrogen) atoms. The average molecular weight is 219 g/mol. The van der Waals surface area contributed by atoms with Crippen LogP contribution in [-0.4, -0.2) is 6.61 Å². The van der Waals surface area contributed by atoms with Crippen molar-refractivity contribution in [2.75, 3.05) is 6.61 Å². The molecular weight excluding hydrogens is 196 g/mol. The molecule has 0 aliphatic rings. The minimum atomic E-state index is 0.0675. The summed E-state index contributed by atoms with van der Waals surface area (Å²) in [4.78, 5) is 0. The third-order valence-corrected chi connectivity index (χ3v) is 3.01. The van der Waals surface area contributed by atoms with Crippen LogP contribution in [0.5, 0.6) is 0 Å². The summed E-state index contributed by atoms with van der Waals surface area (Å²) in [5, 5.41) is 10.4. The van der Waals surface area contributed by atoms with Gasteiger partial charge < -0.3 is 0 Å². The van der Waals surface area contributed by atoms with Crippen molar-refractivity contribution in [1.29, 1.82) is 0 Å². The van der Waals surface area contributed by atoms with Crippen molar-refractivity contribution in [2.45, 2.75) is 51.9 Å². The summed E-state index contributed by atoms with van der Waals surface area (Å²) in [6, 6.07) is 8.68. The first-order valence-electron chi connectivity index (χ1n) is 6.53. The van der Waals surface area contributed by atoms with Gasteiger partial charge in [0.2, 0.25) is 0 Å². The highest BCUT2D eigenvalue weighted by molar-refractivity contribution is 5.27. The van der Waals surface area contributed by atoms with Crippen LogP contribution in [0.25, 0.3) is 0 Å². The van der Waals surface area contributed by atoms with Gasteiger partial charge in [0, 0.05) is 0 Å². The third-order valence-electron chi connectivity index (χ3n) is 3.01. The molecule has 0 atom stereocenters. The Labute approximate surface area is 99.5 Å². The Balaban J connectivity index is 2.46. The normalized spacial score (nSPS) is 10.6. The number of aryl methyl sites for hydroxylation is 2. The van der Waals surface area contributed by atoms with E-state index in [9.17, 15) is 5.11 Å². The monoisotopic (exact) mass is 219 g/mol. The van der Waals surface area contributed by atoms with Gasteiger partial charge in [-0.1, -0.05) is 44.0 Å². The summed E-state index contributed by atoms with van der Waals surface area (Å²) in [5.74, 6) is 0. The Bertz CT molecular complexity index is 252. The molecule has 1 aromatic carbocycles. The third kappa shape index (κ3) is 4.80. The van der Waals surface area contributed by atoms with Crippen LogP contribution in [0, 0.1) is 0 Å². The molecule has 89 valence electrons. The number of benzene rings is 1. The number of hydrogen-bond donors (Lipinski definition) is 0. The SMILES string of the molecule is CCCCCc1ccccc1CCCC[O]. The van der Waals surface area contributed by atoms with Crippen LogP contribution in [0.4, 0.5) is 0 Å². The minimum absolute atomic E-state index is 0.0675. The van der Waals surface area contributed by atoms with Crippen LogP contribution in [0.15, 0.2) is 24.3 Å². The summed E-state index contributed by atoms with van der Waals surface area (Å²) >= 11 is 0. The van der Waals surface area contributed by atoms with E-state index in [-0.39, 0.29) is 6.61 Å². The second-order valence-corrected chi connectivity index (χ2v) is 4.39. The highest BCUT2D eigenvalue weighted by Crippen LogP contribution is 2.15. The van der Waals surface area contributed by atoms with Crippen LogP contribution < -0.4 is 0 Å².